The summed E-state index contributed by atoms with van der Waals surface area (Å²) in [6.45, 7) is 0.729. The van der Waals surface area contributed by atoms with Crippen molar-refractivity contribution in [3.63, 3.8) is 0 Å². The van der Waals surface area contributed by atoms with Crippen LogP contribution in [0.1, 0.15) is 21.5 Å². The van der Waals surface area contributed by atoms with E-state index in [1.165, 1.54) is 36.0 Å². The van der Waals surface area contributed by atoms with Crippen LogP contribution >= 0.6 is 11.8 Å². The lowest BCUT2D eigenvalue weighted by Gasteiger charge is -2.33. The molecule has 0 radical (unpaired) electrons. The van der Waals surface area contributed by atoms with Crippen LogP contribution in [0.5, 0.6) is 11.5 Å². The van der Waals surface area contributed by atoms with E-state index in [4.69, 9.17) is 9.47 Å². The Morgan fingerprint density at radius 1 is 1.03 bits per heavy atom. The number of thioether (sulfide) groups is 1. The van der Waals surface area contributed by atoms with Gasteiger partial charge in [0.25, 0.3) is 11.8 Å². The molecule has 0 saturated carbocycles. The molecular weight excluding hydrogens is 455 g/mol. The fourth-order valence-electron chi connectivity index (χ4n) is 4.58. The summed E-state index contributed by atoms with van der Waals surface area (Å²) >= 11 is 1.44. The Bertz CT molecular complexity index is 1270. The minimum Gasteiger partial charge on any atom is -0.497 e. The Morgan fingerprint density at radius 2 is 1.76 bits per heavy atom. The van der Waals surface area contributed by atoms with Gasteiger partial charge in [-0.1, -0.05) is 12.1 Å². The largest absolute Gasteiger partial charge is 0.497 e. The third-order valence-electron chi connectivity index (χ3n) is 6.21. The first kappa shape index (κ1) is 22.3. The zero-order valence-electron chi connectivity index (χ0n) is 18.8. The summed E-state index contributed by atoms with van der Waals surface area (Å²) in [5.41, 5.74) is 2.70. The molecule has 5 rings (SSSR count). The van der Waals surface area contributed by atoms with Crippen LogP contribution < -0.4 is 14.4 Å². The molecule has 1 saturated heterocycles. The third-order valence-corrected chi connectivity index (χ3v) is 7.63. The number of benzene rings is 3. The molecular formula is C26H23FN2O4S. The molecule has 0 N–H and O–H groups in total. The number of rotatable bonds is 5. The van der Waals surface area contributed by atoms with E-state index in [1.54, 1.807) is 24.0 Å². The number of carbonyl (C=O) groups excluding carboxylic acids is 2. The Hall–Kier alpha value is -3.52. The highest BCUT2D eigenvalue weighted by atomic mass is 32.2. The minimum absolute atomic E-state index is 0.184. The van der Waals surface area contributed by atoms with Crippen LogP contribution in [-0.4, -0.2) is 43.2 Å². The predicted octanol–water partition coefficient (Wildman–Crippen LogP) is 4.43. The molecule has 1 atom stereocenters. The van der Waals surface area contributed by atoms with Gasteiger partial charge in [0, 0.05) is 23.4 Å². The Kier molecular flexibility index (Phi) is 5.69. The van der Waals surface area contributed by atoms with Gasteiger partial charge in [0.2, 0.25) is 0 Å². The standard InChI is InChI=1S/C26H23FN2O4S/c1-32-20-5-3-4-17(14-20)16-28-23-11-10-21(33-2)15-22(23)26(25(28)31)29(12-13-34-26)24(30)18-6-8-19(27)9-7-18/h3-11,14-15H,12-13,16H2,1-2H3/t26-/m0/s1. The molecule has 8 heteroatoms. The van der Waals surface area contributed by atoms with Crippen molar-refractivity contribution in [2.45, 2.75) is 11.4 Å². The number of nitrogens with zero attached hydrogens (tertiary/aromatic N) is 2. The van der Waals surface area contributed by atoms with Crippen molar-refractivity contribution in [3.05, 3.63) is 89.2 Å². The average Bonchev–Trinajstić information content (AvgIpc) is 3.41. The maximum Gasteiger partial charge on any atom is 0.268 e. The van der Waals surface area contributed by atoms with Crippen LogP contribution in [0.15, 0.2) is 66.7 Å². The first-order chi connectivity index (χ1) is 16.5. The maximum atomic E-state index is 14.1. The molecule has 6 nitrogen and oxygen atoms in total. The molecule has 2 amide bonds. The lowest BCUT2D eigenvalue weighted by atomic mass is 10.0. The average molecular weight is 479 g/mol. The number of methoxy groups -OCH3 is 2. The molecule has 0 aromatic heterocycles. The zero-order chi connectivity index (χ0) is 23.9. The fourth-order valence-corrected chi connectivity index (χ4v) is 6.03. The quantitative estimate of drug-likeness (QED) is 0.543. The van der Waals surface area contributed by atoms with Gasteiger partial charge in [0.1, 0.15) is 17.3 Å². The van der Waals surface area contributed by atoms with Crippen LogP contribution in [-0.2, 0) is 16.2 Å². The van der Waals surface area contributed by atoms with Crippen molar-refractivity contribution in [1.82, 2.24) is 4.90 Å². The van der Waals surface area contributed by atoms with E-state index in [2.05, 4.69) is 0 Å². The smallest absolute Gasteiger partial charge is 0.268 e. The Labute approximate surface area is 201 Å². The van der Waals surface area contributed by atoms with Gasteiger partial charge in [0.05, 0.1) is 26.5 Å². The van der Waals surface area contributed by atoms with Crippen LogP contribution in [0.3, 0.4) is 0 Å². The molecule has 3 aromatic carbocycles. The fraction of sp³-hybridized carbons (Fsp3) is 0.231. The second-order valence-electron chi connectivity index (χ2n) is 8.08. The summed E-state index contributed by atoms with van der Waals surface area (Å²) < 4.78 is 24.3. The number of carbonyl (C=O) groups is 2. The molecule has 2 heterocycles. The first-order valence-corrected chi connectivity index (χ1v) is 11.8. The minimum atomic E-state index is -1.21. The summed E-state index contributed by atoms with van der Waals surface area (Å²) in [6, 6.07) is 18.5. The van der Waals surface area contributed by atoms with Crippen molar-refractivity contribution >= 4 is 29.3 Å². The van der Waals surface area contributed by atoms with Crippen LogP contribution in [0.2, 0.25) is 0 Å². The van der Waals surface area contributed by atoms with E-state index in [0.717, 1.165) is 16.8 Å². The van der Waals surface area contributed by atoms with Crippen LogP contribution in [0.4, 0.5) is 10.1 Å². The van der Waals surface area contributed by atoms with Gasteiger partial charge in [-0.15, -0.1) is 11.8 Å². The van der Waals surface area contributed by atoms with Gasteiger partial charge in [0.15, 0.2) is 4.87 Å². The molecule has 1 spiro atoms. The van der Waals surface area contributed by atoms with Gasteiger partial charge in [-0.25, -0.2) is 4.39 Å². The number of anilines is 1. The SMILES string of the molecule is COc1cccc(CN2C(=O)[C@@]3(SCCN3C(=O)c3ccc(F)cc3)c3cc(OC)ccc32)c1. The number of halogens is 1. The second kappa shape index (κ2) is 8.68. The number of hydrogen-bond donors (Lipinski definition) is 0. The molecule has 34 heavy (non-hydrogen) atoms. The van der Waals surface area contributed by atoms with E-state index in [0.29, 0.717) is 35.9 Å². The molecule has 0 bridgehead atoms. The van der Waals surface area contributed by atoms with Gasteiger partial charge in [-0.3, -0.25) is 9.59 Å². The summed E-state index contributed by atoms with van der Waals surface area (Å²) in [4.78, 5) is 29.8. The third kappa shape index (κ3) is 3.49. The molecule has 174 valence electrons. The lowest BCUT2D eigenvalue weighted by molar-refractivity contribution is -0.123. The van der Waals surface area contributed by atoms with E-state index < -0.39 is 10.7 Å². The van der Waals surface area contributed by atoms with Gasteiger partial charge < -0.3 is 19.3 Å². The topological polar surface area (TPSA) is 59.1 Å². The predicted molar refractivity (Wildman–Crippen MR) is 129 cm³/mol. The first-order valence-electron chi connectivity index (χ1n) is 10.8. The van der Waals surface area contributed by atoms with E-state index in [1.807, 2.05) is 42.5 Å². The normalized spacial score (nSPS) is 19.0. The number of fused-ring (bicyclic) bond motifs is 2. The van der Waals surface area contributed by atoms with E-state index in [-0.39, 0.29) is 11.8 Å². The summed E-state index contributed by atoms with van der Waals surface area (Å²) in [5, 5.41) is 0. The van der Waals surface area contributed by atoms with Crippen molar-refractivity contribution in [2.24, 2.45) is 0 Å². The highest BCUT2D eigenvalue weighted by molar-refractivity contribution is 8.01. The van der Waals surface area contributed by atoms with Crippen molar-refractivity contribution in [2.75, 3.05) is 31.4 Å². The summed E-state index contributed by atoms with van der Waals surface area (Å²) in [5.74, 6) is 1.00. The van der Waals surface area contributed by atoms with Crippen molar-refractivity contribution in [1.29, 1.82) is 0 Å². The molecule has 2 aliphatic rings. The number of hydrogen-bond acceptors (Lipinski definition) is 5. The number of amides is 2. The van der Waals surface area contributed by atoms with Gasteiger partial charge in [-0.2, -0.15) is 0 Å². The van der Waals surface area contributed by atoms with Gasteiger partial charge in [-0.05, 0) is 60.2 Å². The molecule has 0 aliphatic carbocycles. The Balaban J connectivity index is 1.59. The van der Waals surface area contributed by atoms with Gasteiger partial charge >= 0.3 is 0 Å². The molecule has 3 aromatic rings. The monoisotopic (exact) mass is 478 g/mol. The van der Waals surface area contributed by atoms with E-state index >= 15 is 0 Å². The highest BCUT2D eigenvalue weighted by Crippen LogP contribution is 2.55. The molecule has 1 fully saturated rings. The maximum absolute atomic E-state index is 14.1. The van der Waals surface area contributed by atoms with Crippen LogP contribution in [0.25, 0.3) is 0 Å². The highest BCUT2D eigenvalue weighted by Gasteiger charge is 2.59. The van der Waals surface area contributed by atoms with E-state index in [9.17, 15) is 14.0 Å². The number of ether oxygens (including phenoxy) is 2. The Morgan fingerprint density at radius 3 is 2.50 bits per heavy atom. The zero-order valence-corrected chi connectivity index (χ0v) is 19.6. The van der Waals surface area contributed by atoms with Crippen LogP contribution in [0, 0.1) is 5.82 Å². The van der Waals surface area contributed by atoms with Crippen molar-refractivity contribution in [3.8, 4) is 11.5 Å². The second-order valence-corrected chi connectivity index (χ2v) is 9.37. The lowest BCUT2D eigenvalue weighted by Crippen LogP contribution is -2.50. The summed E-state index contributed by atoms with van der Waals surface area (Å²) in [7, 11) is 3.17. The molecule has 2 aliphatic heterocycles. The summed E-state index contributed by atoms with van der Waals surface area (Å²) in [6.07, 6.45) is 0. The van der Waals surface area contributed by atoms with Crippen molar-refractivity contribution < 1.29 is 23.5 Å². The molecule has 0 unspecified atom stereocenters.